The second kappa shape index (κ2) is 8.29. The van der Waals surface area contributed by atoms with Crippen molar-refractivity contribution in [3.8, 4) is 0 Å². The van der Waals surface area contributed by atoms with E-state index in [2.05, 4.69) is 5.32 Å². The number of benzene rings is 1. The molecule has 1 aliphatic heterocycles. The highest BCUT2D eigenvalue weighted by atomic mass is 32.2. The topological polar surface area (TPSA) is 75.7 Å². The average Bonchev–Trinajstić information content (AvgIpc) is 2.93. The summed E-state index contributed by atoms with van der Waals surface area (Å²) in [4.78, 5) is 13.0. The maximum atomic E-state index is 13.3. The zero-order valence-electron chi connectivity index (χ0n) is 16.5. The molecule has 0 radical (unpaired) electrons. The summed E-state index contributed by atoms with van der Waals surface area (Å²) >= 11 is 0. The van der Waals surface area contributed by atoms with Gasteiger partial charge in [-0.25, -0.2) is 8.42 Å². The first kappa shape index (κ1) is 20.3. The Hall–Kier alpha value is -1.44. The standard InChI is InChI=1S/C20H30N2O4S/c1-14-10-15(2)19(16(3)11-14)27(24,25)22-8-9-26-13-17(12-22)20(23)21-18-6-4-5-7-18/h10-11,17-18H,4-9,12-13H2,1-3H3,(H,21,23). The first-order valence-corrected chi connectivity index (χ1v) is 11.2. The monoisotopic (exact) mass is 394 g/mol. The molecule has 1 atom stereocenters. The molecule has 3 rings (SSSR count). The van der Waals surface area contributed by atoms with Crippen molar-refractivity contribution in [1.29, 1.82) is 0 Å². The van der Waals surface area contributed by atoms with Crippen LogP contribution in [0.2, 0.25) is 0 Å². The molecule has 1 aliphatic carbocycles. The number of rotatable bonds is 4. The molecule has 1 aromatic carbocycles. The summed E-state index contributed by atoms with van der Waals surface area (Å²) in [5, 5.41) is 3.08. The predicted molar refractivity (Wildman–Crippen MR) is 104 cm³/mol. The van der Waals surface area contributed by atoms with Crippen LogP contribution < -0.4 is 5.32 Å². The fraction of sp³-hybridized carbons (Fsp3) is 0.650. The van der Waals surface area contributed by atoms with E-state index >= 15 is 0 Å². The number of carbonyl (C=O) groups is 1. The van der Waals surface area contributed by atoms with Gasteiger partial charge < -0.3 is 10.1 Å². The third kappa shape index (κ3) is 4.52. The molecular weight excluding hydrogens is 364 g/mol. The van der Waals surface area contributed by atoms with Gasteiger partial charge in [0.15, 0.2) is 0 Å². The molecule has 0 spiro atoms. The van der Waals surface area contributed by atoms with Gasteiger partial charge in [-0.15, -0.1) is 0 Å². The molecule has 2 fully saturated rings. The Kier molecular flexibility index (Phi) is 6.23. The van der Waals surface area contributed by atoms with Crippen LogP contribution in [0.5, 0.6) is 0 Å². The minimum Gasteiger partial charge on any atom is -0.379 e. The van der Waals surface area contributed by atoms with E-state index in [4.69, 9.17) is 4.74 Å². The lowest BCUT2D eigenvalue weighted by atomic mass is 10.1. The molecule has 27 heavy (non-hydrogen) atoms. The highest BCUT2D eigenvalue weighted by Crippen LogP contribution is 2.27. The van der Waals surface area contributed by atoms with Gasteiger partial charge in [0, 0.05) is 19.1 Å². The molecular formula is C20H30N2O4S. The van der Waals surface area contributed by atoms with Crippen molar-refractivity contribution in [3.05, 3.63) is 28.8 Å². The maximum absolute atomic E-state index is 13.3. The second-order valence-electron chi connectivity index (χ2n) is 7.85. The van der Waals surface area contributed by atoms with Gasteiger partial charge in [0.1, 0.15) is 0 Å². The molecule has 1 saturated heterocycles. The number of nitrogens with zero attached hydrogens (tertiary/aromatic N) is 1. The molecule has 6 nitrogen and oxygen atoms in total. The van der Waals surface area contributed by atoms with E-state index in [1.807, 2.05) is 32.9 Å². The Labute approximate surface area is 162 Å². The SMILES string of the molecule is Cc1cc(C)c(S(=O)(=O)N2CCOCC(C(=O)NC3CCCC3)C2)c(C)c1. The fourth-order valence-electron chi connectivity index (χ4n) is 4.25. The molecule has 0 bridgehead atoms. The molecule has 1 N–H and O–H groups in total. The first-order chi connectivity index (χ1) is 12.8. The van der Waals surface area contributed by atoms with Gasteiger partial charge >= 0.3 is 0 Å². The Balaban J connectivity index is 1.81. The summed E-state index contributed by atoms with van der Waals surface area (Å²) < 4.78 is 33.7. The summed E-state index contributed by atoms with van der Waals surface area (Å²) in [6.45, 7) is 6.60. The zero-order valence-corrected chi connectivity index (χ0v) is 17.3. The van der Waals surface area contributed by atoms with E-state index in [9.17, 15) is 13.2 Å². The molecule has 2 aliphatic rings. The molecule has 1 saturated carbocycles. The Bertz CT molecular complexity index is 777. The van der Waals surface area contributed by atoms with Gasteiger partial charge in [0.05, 0.1) is 24.0 Å². The van der Waals surface area contributed by atoms with E-state index in [0.717, 1.165) is 42.4 Å². The Morgan fingerprint density at radius 2 is 1.78 bits per heavy atom. The van der Waals surface area contributed by atoms with Gasteiger partial charge in [0.2, 0.25) is 15.9 Å². The van der Waals surface area contributed by atoms with Crippen molar-refractivity contribution in [1.82, 2.24) is 9.62 Å². The molecule has 0 aromatic heterocycles. The minimum atomic E-state index is -3.68. The normalized spacial score (nSPS) is 22.6. The van der Waals surface area contributed by atoms with Crippen molar-refractivity contribution in [3.63, 3.8) is 0 Å². The van der Waals surface area contributed by atoms with Crippen LogP contribution in [0.25, 0.3) is 0 Å². The van der Waals surface area contributed by atoms with E-state index in [1.54, 1.807) is 0 Å². The summed E-state index contributed by atoms with van der Waals surface area (Å²) in [6, 6.07) is 3.99. The van der Waals surface area contributed by atoms with Crippen LogP contribution in [-0.2, 0) is 19.6 Å². The molecule has 1 unspecified atom stereocenters. The third-order valence-corrected chi connectivity index (χ3v) is 7.67. The smallest absolute Gasteiger partial charge is 0.243 e. The fourth-order valence-corrected chi connectivity index (χ4v) is 6.13. The zero-order chi connectivity index (χ0) is 19.6. The van der Waals surface area contributed by atoms with Gasteiger partial charge in [-0.2, -0.15) is 4.31 Å². The van der Waals surface area contributed by atoms with Crippen molar-refractivity contribution >= 4 is 15.9 Å². The lowest BCUT2D eigenvalue weighted by molar-refractivity contribution is -0.127. The van der Waals surface area contributed by atoms with Crippen LogP contribution >= 0.6 is 0 Å². The molecule has 7 heteroatoms. The summed E-state index contributed by atoms with van der Waals surface area (Å²) in [5.74, 6) is -0.574. The lowest BCUT2D eigenvalue weighted by Crippen LogP contribution is -2.44. The quantitative estimate of drug-likeness (QED) is 0.850. The highest BCUT2D eigenvalue weighted by Gasteiger charge is 2.34. The predicted octanol–water partition coefficient (Wildman–Crippen LogP) is 2.31. The van der Waals surface area contributed by atoms with Crippen molar-refractivity contribution < 1.29 is 17.9 Å². The summed E-state index contributed by atoms with van der Waals surface area (Å²) in [6.07, 6.45) is 4.28. The van der Waals surface area contributed by atoms with Gasteiger partial charge in [-0.3, -0.25) is 4.79 Å². The number of carbonyl (C=O) groups excluding carboxylic acids is 1. The van der Waals surface area contributed by atoms with Gasteiger partial charge in [0.25, 0.3) is 0 Å². The summed E-state index contributed by atoms with van der Waals surface area (Å²) in [5.41, 5.74) is 2.52. The van der Waals surface area contributed by atoms with Crippen LogP contribution in [0.4, 0.5) is 0 Å². The molecule has 1 aromatic rings. The van der Waals surface area contributed by atoms with E-state index in [1.165, 1.54) is 4.31 Å². The number of ether oxygens (including phenoxy) is 1. The van der Waals surface area contributed by atoms with Crippen LogP contribution in [0.1, 0.15) is 42.4 Å². The Morgan fingerprint density at radius 1 is 1.15 bits per heavy atom. The van der Waals surface area contributed by atoms with Crippen LogP contribution in [0.3, 0.4) is 0 Å². The van der Waals surface area contributed by atoms with E-state index < -0.39 is 15.9 Å². The van der Waals surface area contributed by atoms with Gasteiger partial charge in [-0.05, 0) is 44.7 Å². The summed E-state index contributed by atoms with van der Waals surface area (Å²) in [7, 11) is -3.68. The van der Waals surface area contributed by atoms with E-state index in [-0.39, 0.29) is 31.6 Å². The largest absolute Gasteiger partial charge is 0.379 e. The highest BCUT2D eigenvalue weighted by molar-refractivity contribution is 7.89. The van der Waals surface area contributed by atoms with E-state index in [0.29, 0.717) is 11.5 Å². The molecule has 1 amide bonds. The average molecular weight is 395 g/mol. The molecule has 1 heterocycles. The Morgan fingerprint density at radius 3 is 2.41 bits per heavy atom. The number of hydrogen-bond donors (Lipinski definition) is 1. The van der Waals surface area contributed by atoms with Crippen molar-refractivity contribution in [2.24, 2.45) is 5.92 Å². The maximum Gasteiger partial charge on any atom is 0.243 e. The minimum absolute atomic E-state index is 0.0960. The van der Waals surface area contributed by atoms with Crippen molar-refractivity contribution in [2.75, 3.05) is 26.3 Å². The van der Waals surface area contributed by atoms with Crippen LogP contribution in [0, 0.1) is 26.7 Å². The first-order valence-electron chi connectivity index (χ1n) is 9.75. The lowest BCUT2D eigenvalue weighted by Gasteiger charge is -2.25. The molecule has 150 valence electrons. The van der Waals surface area contributed by atoms with Gasteiger partial charge in [-0.1, -0.05) is 30.5 Å². The van der Waals surface area contributed by atoms with Crippen LogP contribution in [-0.4, -0.2) is 51.0 Å². The number of aryl methyl sites for hydroxylation is 3. The number of sulfonamides is 1. The number of nitrogens with one attached hydrogen (secondary N) is 1. The second-order valence-corrected chi connectivity index (χ2v) is 9.73. The number of amides is 1. The van der Waals surface area contributed by atoms with Crippen molar-refractivity contribution in [2.45, 2.75) is 57.4 Å². The third-order valence-electron chi connectivity index (χ3n) is 5.50. The number of hydrogen-bond acceptors (Lipinski definition) is 4. The van der Waals surface area contributed by atoms with Crippen LogP contribution in [0.15, 0.2) is 17.0 Å².